The molecular formula is C22H37ClFN3O2. The zero-order chi connectivity index (χ0) is 22.4. The van der Waals surface area contributed by atoms with Crippen molar-refractivity contribution in [2.45, 2.75) is 60.0 Å². The molecule has 1 unspecified atom stereocenters. The highest BCUT2D eigenvalue weighted by Gasteiger charge is 2.51. The third-order valence-corrected chi connectivity index (χ3v) is 4.93. The molecule has 7 heteroatoms. The van der Waals surface area contributed by atoms with Crippen molar-refractivity contribution in [1.29, 1.82) is 0 Å². The molecule has 29 heavy (non-hydrogen) atoms. The summed E-state index contributed by atoms with van der Waals surface area (Å²) in [6.45, 7) is 14.6. The van der Waals surface area contributed by atoms with Gasteiger partial charge in [-0.1, -0.05) is 53.7 Å². The van der Waals surface area contributed by atoms with Crippen LogP contribution in [0.25, 0.3) is 0 Å². The van der Waals surface area contributed by atoms with Crippen LogP contribution in [-0.2, 0) is 16.1 Å². The lowest BCUT2D eigenvalue weighted by Crippen LogP contribution is -2.66. The van der Waals surface area contributed by atoms with Crippen LogP contribution in [0.2, 0.25) is 0 Å². The zero-order valence-corrected chi connectivity index (χ0v) is 19.5. The van der Waals surface area contributed by atoms with E-state index in [1.165, 1.54) is 12.1 Å². The van der Waals surface area contributed by atoms with Gasteiger partial charge < -0.3 is 10.2 Å². The second kappa shape index (κ2) is 14.3. The van der Waals surface area contributed by atoms with Crippen molar-refractivity contribution in [3.63, 3.8) is 0 Å². The van der Waals surface area contributed by atoms with Gasteiger partial charge in [-0.2, -0.15) is 0 Å². The number of carbonyl (C=O) groups excluding carboxylic acids is 2. The Labute approximate surface area is 180 Å². The lowest BCUT2D eigenvalue weighted by molar-refractivity contribution is -0.142. The minimum absolute atomic E-state index is 0.0494. The van der Waals surface area contributed by atoms with Crippen LogP contribution in [0.4, 0.5) is 4.39 Å². The van der Waals surface area contributed by atoms with Gasteiger partial charge in [0.15, 0.2) is 0 Å². The molecule has 0 aromatic heterocycles. The number of halogens is 2. The second-order valence-electron chi connectivity index (χ2n) is 6.03. The Morgan fingerprint density at radius 2 is 1.69 bits per heavy atom. The normalized spacial score (nSPS) is 20.4. The van der Waals surface area contributed by atoms with E-state index in [-0.39, 0.29) is 23.5 Å². The molecule has 2 fully saturated rings. The summed E-state index contributed by atoms with van der Waals surface area (Å²) in [4.78, 5) is 28.2. The van der Waals surface area contributed by atoms with Gasteiger partial charge in [0.25, 0.3) is 0 Å². The summed E-state index contributed by atoms with van der Waals surface area (Å²) in [7, 11) is 0. The highest BCUT2D eigenvalue weighted by atomic mass is 35.5. The standard InChI is InChI=1S/C16H19ClFN3O2.3C2H6/c17-9-14(22)20-7-8-21(10-12-1-3-13(18)4-2-12)16(11-20)5-6-19-15(16)23;3*1-2/h1-4H,5-11H2,(H,19,23);3*1-2H3. The molecule has 0 saturated carbocycles. The van der Waals surface area contributed by atoms with E-state index in [4.69, 9.17) is 11.6 Å². The van der Waals surface area contributed by atoms with Gasteiger partial charge in [0, 0.05) is 32.7 Å². The van der Waals surface area contributed by atoms with E-state index < -0.39 is 5.54 Å². The van der Waals surface area contributed by atoms with Gasteiger partial charge >= 0.3 is 0 Å². The summed E-state index contributed by atoms with van der Waals surface area (Å²) in [6.07, 6.45) is 0.652. The number of rotatable bonds is 3. The molecule has 1 aromatic rings. The van der Waals surface area contributed by atoms with Gasteiger partial charge in [0.1, 0.15) is 17.2 Å². The predicted molar refractivity (Wildman–Crippen MR) is 119 cm³/mol. The number of benzene rings is 1. The maximum atomic E-state index is 13.1. The number of carbonyl (C=O) groups is 2. The fourth-order valence-corrected chi connectivity index (χ4v) is 3.57. The first kappa shape index (κ1) is 27.3. The molecule has 0 aliphatic carbocycles. The van der Waals surface area contributed by atoms with Crippen LogP contribution in [0.3, 0.4) is 0 Å². The first-order chi connectivity index (χ1) is 14.0. The molecule has 2 amide bonds. The fourth-order valence-electron chi connectivity index (χ4n) is 3.40. The Kier molecular flexibility index (Phi) is 13.5. The highest BCUT2D eigenvalue weighted by Crippen LogP contribution is 2.30. The summed E-state index contributed by atoms with van der Waals surface area (Å²) in [5.74, 6) is -0.547. The van der Waals surface area contributed by atoms with Gasteiger partial charge in [-0.15, -0.1) is 11.6 Å². The summed E-state index contributed by atoms with van der Waals surface area (Å²) < 4.78 is 13.1. The van der Waals surface area contributed by atoms with Gasteiger partial charge in [-0.25, -0.2) is 4.39 Å². The molecule has 2 saturated heterocycles. The molecule has 3 rings (SSSR count). The van der Waals surface area contributed by atoms with E-state index in [1.54, 1.807) is 17.0 Å². The minimum atomic E-state index is -0.714. The molecule has 1 aromatic carbocycles. The largest absolute Gasteiger partial charge is 0.354 e. The molecule has 5 nitrogen and oxygen atoms in total. The average Bonchev–Trinajstić information content (AvgIpc) is 3.15. The van der Waals surface area contributed by atoms with E-state index in [2.05, 4.69) is 10.2 Å². The first-order valence-corrected chi connectivity index (χ1v) is 11.2. The van der Waals surface area contributed by atoms with Crippen molar-refractivity contribution in [3.05, 3.63) is 35.6 Å². The SMILES string of the molecule is CC.CC.CC.O=C(CCl)N1CCN(Cc2ccc(F)cc2)C2(CCNC2=O)C1. The van der Waals surface area contributed by atoms with Crippen LogP contribution in [0.1, 0.15) is 53.5 Å². The molecule has 0 radical (unpaired) electrons. The Bertz CT molecular complexity index is 613. The zero-order valence-electron chi connectivity index (χ0n) is 18.7. The Morgan fingerprint density at radius 3 is 2.17 bits per heavy atom. The number of alkyl halides is 1. The van der Waals surface area contributed by atoms with Crippen LogP contribution < -0.4 is 5.32 Å². The van der Waals surface area contributed by atoms with E-state index in [0.717, 1.165) is 5.56 Å². The lowest BCUT2D eigenvalue weighted by atomic mass is 9.91. The van der Waals surface area contributed by atoms with Crippen molar-refractivity contribution in [1.82, 2.24) is 15.1 Å². The van der Waals surface area contributed by atoms with E-state index >= 15 is 0 Å². The first-order valence-electron chi connectivity index (χ1n) is 10.7. The molecule has 2 heterocycles. The van der Waals surface area contributed by atoms with Crippen LogP contribution in [0.5, 0.6) is 0 Å². The van der Waals surface area contributed by atoms with Gasteiger partial charge in [-0.3, -0.25) is 14.5 Å². The van der Waals surface area contributed by atoms with Crippen molar-refractivity contribution in [2.75, 3.05) is 32.1 Å². The van der Waals surface area contributed by atoms with Crippen molar-refractivity contribution in [3.8, 4) is 0 Å². The lowest BCUT2D eigenvalue weighted by Gasteiger charge is -2.47. The van der Waals surface area contributed by atoms with E-state index in [0.29, 0.717) is 39.1 Å². The van der Waals surface area contributed by atoms with Crippen LogP contribution in [0.15, 0.2) is 24.3 Å². The third-order valence-electron chi connectivity index (χ3n) is 4.70. The van der Waals surface area contributed by atoms with Crippen LogP contribution in [-0.4, -0.2) is 59.2 Å². The Morgan fingerprint density at radius 1 is 1.10 bits per heavy atom. The maximum Gasteiger partial charge on any atom is 0.242 e. The predicted octanol–water partition coefficient (Wildman–Crippen LogP) is 4.05. The van der Waals surface area contributed by atoms with Crippen LogP contribution in [0, 0.1) is 5.82 Å². The number of amides is 2. The van der Waals surface area contributed by atoms with Crippen LogP contribution >= 0.6 is 11.6 Å². The third kappa shape index (κ3) is 6.96. The molecule has 1 N–H and O–H groups in total. The van der Waals surface area contributed by atoms with Crippen molar-refractivity contribution >= 4 is 23.4 Å². The van der Waals surface area contributed by atoms with Gasteiger partial charge in [0.05, 0.1) is 0 Å². The summed E-state index contributed by atoms with van der Waals surface area (Å²) >= 11 is 5.66. The number of hydrogen-bond acceptors (Lipinski definition) is 3. The number of piperazine rings is 1. The second-order valence-corrected chi connectivity index (χ2v) is 6.30. The molecule has 166 valence electrons. The fraction of sp³-hybridized carbons (Fsp3) is 0.636. The molecule has 0 bridgehead atoms. The topological polar surface area (TPSA) is 52.7 Å². The smallest absolute Gasteiger partial charge is 0.242 e. The molecule has 2 aliphatic rings. The number of hydrogen-bond donors (Lipinski definition) is 1. The van der Waals surface area contributed by atoms with Crippen molar-refractivity contribution in [2.24, 2.45) is 0 Å². The molecular weight excluding hydrogens is 393 g/mol. The maximum absolute atomic E-state index is 13.1. The summed E-state index contributed by atoms with van der Waals surface area (Å²) in [5, 5.41) is 2.87. The monoisotopic (exact) mass is 429 g/mol. The van der Waals surface area contributed by atoms with Gasteiger partial charge in [-0.05, 0) is 24.1 Å². The van der Waals surface area contributed by atoms with Crippen molar-refractivity contribution < 1.29 is 14.0 Å². The highest BCUT2D eigenvalue weighted by molar-refractivity contribution is 6.27. The quantitative estimate of drug-likeness (QED) is 0.737. The molecule has 1 atom stereocenters. The van der Waals surface area contributed by atoms with E-state index in [9.17, 15) is 14.0 Å². The molecule has 2 aliphatic heterocycles. The number of nitrogens with one attached hydrogen (secondary N) is 1. The number of nitrogens with zero attached hydrogens (tertiary/aromatic N) is 2. The summed E-state index contributed by atoms with van der Waals surface area (Å²) in [5.41, 5.74) is 0.233. The average molecular weight is 430 g/mol. The summed E-state index contributed by atoms with van der Waals surface area (Å²) in [6, 6.07) is 6.30. The Balaban J connectivity index is 0.00000120. The van der Waals surface area contributed by atoms with Gasteiger partial charge in [0.2, 0.25) is 11.8 Å². The Hall–Kier alpha value is -1.66. The minimum Gasteiger partial charge on any atom is -0.354 e. The molecule has 1 spiro atoms. The van der Waals surface area contributed by atoms with E-state index in [1.807, 2.05) is 41.5 Å².